The highest BCUT2D eigenvalue weighted by atomic mass is 32.1. The van der Waals surface area contributed by atoms with Crippen molar-refractivity contribution in [3.05, 3.63) is 51.9 Å². The first-order valence-corrected chi connectivity index (χ1v) is 12.8. The minimum Gasteiger partial charge on any atom is -0.462 e. The number of hydrogen-bond acceptors (Lipinski definition) is 7. The number of carbonyl (C=O) groups is 4. The monoisotopic (exact) mass is 498 g/mol. The molecule has 2 heterocycles. The number of carbonyl (C=O) groups excluding carboxylic acids is 4. The number of likely N-dealkylation sites (tertiary alicyclic amines) is 1. The van der Waals surface area contributed by atoms with E-state index in [1.54, 1.807) is 11.8 Å². The summed E-state index contributed by atoms with van der Waals surface area (Å²) in [4.78, 5) is 52.8. The van der Waals surface area contributed by atoms with E-state index in [9.17, 15) is 19.2 Å². The summed E-state index contributed by atoms with van der Waals surface area (Å²) < 4.78 is 10.5. The van der Waals surface area contributed by atoms with Crippen molar-refractivity contribution in [2.45, 2.75) is 46.1 Å². The first kappa shape index (κ1) is 24.9. The molecule has 2 atom stereocenters. The van der Waals surface area contributed by atoms with Crippen LogP contribution in [-0.4, -0.2) is 48.4 Å². The second kappa shape index (κ2) is 11.0. The third kappa shape index (κ3) is 5.90. The summed E-state index contributed by atoms with van der Waals surface area (Å²) in [6.07, 6.45) is 2.66. The number of amides is 2. The van der Waals surface area contributed by atoms with Crippen molar-refractivity contribution in [3.63, 3.8) is 0 Å². The fraction of sp³-hybridized carbons (Fsp3) is 0.462. The van der Waals surface area contributed by atoms with Gasteiger partial charge in [0.15, 0.2) is 6.61 Å². The van der Waals surface area contributed by atoms with Crippen LogP contribution in [0.2, 0.25) is 0 Å². The normalized spacial score (nSPS) is 19.3. The van der Waals surface area contributed by atoms with Crippen LogP contribution in [0.5, 0.6) is 0 Å². The van der Waals surface area contributed by atoms with Crippen LogP contribution in [0.4, 0.5) is 5.00 Å². The molecule has 35 heavy (non-hydrogen) atoms. The highest BCUT2D eigenvalue weighted by molar-refractivity contribution is 7.17. The third-order valence-electron chi connectivity index (χ3n) is 6.35. The van der Waals surface area contributed by atoms with E-state index >= 15 is 0 Å². The lowest BCUT2D eigenvalue weighted by molar-refractivity contribution is -0.151. The van der Waals surface area contributed by atoms with Gasteiger partial charge in [-0.15, -0.1) is 11.3 Å². The Labute approximate surface area is 208 Å². The zero-order valence-corrected chi connectivity index (χ0v) is 20.8. The Morgan fingerprint density at radius 1 is 1.14 bits per heavy atom. The zero-order chi connectivity index (χ0) is 24.9. The minimum absolute atomic E-state index is 0.0656. The maximum atomic E-state index is 12.6. The van der Waals surface area contributed by atoms with Crippen molar-refractivity contribution in [3.8, 4) is 0 Å². The topological polar surface area (TPSA) is 102 Å². The number of rotatable bonds is 8. The van der Waals surface area contributed by atoms with E-state index in [2.05, 4.69) is 12.2 Å². The molecule has 9 heteroatoms. The lowest BCUT2D eigenvalue weighted by Crippen LogP contribution is -2.28. The summed E-state index contributed by atoms with van der Waals surface area (Å²) in [6, 6.07) is 9.56. The summed E-state index contributed by atoms with van der Waals surface area (Å²) in [5.74, 6) is -1.76. The Bertz CT molecular complexity index is 1110. The van der Waals surface area contributed by atoms with Gasteiger partial charge in [-0.05, 0) is 43.2 Å². The number of esters is 2. The lowest BCUT2D eigenvalue weighted by atomic mass is 9.88. The Balaban J connectivity index is 1.34. The molecule has 2 amide bonds. The molecular formula is C26H30N2O6S. The van der Waals surface area contributed by atoms with Crippen molar-refractivity contribution >= 4 is 40.1 Å². The summed E-state index contributed by atoms with van der Waals surface area (Å²) in [7, 11) is 0. The van der Waals surface area contributed by atoms with Gasteiger partial charge >= 0.3 is 11.9 Å². The molecule has 2 aliphatic rings. The number of thiophene rings is 1. The summed E-state index contributed by atoms with van der Waals surface area (Å²) >= 11 is 1.38. The molecule has 4 rings (SSSR count). The second-order valence-corrected chi connectivity index (χ2v) is 10.2. The van der Waals surface area contributed by atoms with Crippen LogP contribution in [0.25, 0.3) is 0 Å². The summed E-state index contributed by atoms with van der Waals surface area (Å²) in [5.41, 5.74) is 2.35. The lowest BCUT2D eigenvalue weighted by Gasteiger charge is -2.18. The molecule has 0 radical (unpaired) electrons. The Morgan fingerprint density at radius 2 is 1.91 bits per heavy atom. The second-order valence-electron chi connectivity index (χ2n) is 9.09. The van der Waals surface area contributed by atoms with Gasteiger partial charge < -0.3 is 19.7 Å². The van der Waals surface area contributed by atoms with E-state index in [-0.39, 0.29) is 25.5 Å². The first-order chi connectivity index (χ1) is 16.9. The van der Waals surface area contributed by atoms with Crippen molar-refractivity contribution in [1.29, 1.82) is 0 Å². The number of hydrogen-bond donors (Lipinski definition) is 1. The zero-order valence-electron chi connectivity index (χ0n) is 20.0. The van der Waals surface area contributed by atoms with Gasteiger partial charge in [0.05, 0.1) is 18.1 Å². The van der Waals surface area contributed by atoms with Crippen LogP contribution in [0.1, 0.15) is 53.1 Å². The molecule has 1 N–H and O–H groups in total. The molecule has 1 aromatic heterocycles. The highest BCUT2D eigenvalue weighted by Gasteiger charge is 2.36. The van der Waals surface area contributed by atoms with E-state index in [0.717, 1.165) is 35.3 Å². The van der Waals surface area contributed by atoms with Crippen LogP contribution >= 0.6 is 11.3 Å². The van der Waals surface area contributed by atoms with Gasteiger partial charge in [0.1, 0.15) is 5.00 Å². The standard InChI is InChI=1S/C26H30N2O6S/c1-3-33-26(32)23-19-10-9-16(2)11-20(19)35-24(23)27-21(29)15-34-25(31)18-12-22(30)28(14-18)13-17-7-5-4-6-8-17/h4-8,16,18H,3,9-15H2,1-2H3,(H,27,29). The van der Waals surface area contributed by atoms with Crippen LogP contribution in [0.3, 0.4) is 0 Å². The molecule has 0 saturated carbocycles. The number of nitrogens with zero attached hydrogens (tertiary/aromatic N) is 1. The van der Waals surface area contributed by atoms with Crippen LogP contribution in [0, 0.1) is 11.8 Å². The van der Waals surface area contributed by atoms with Crippen molar-refractivity contribution in [2.24, 2.45) is 11.8 Å². The van der Waals surface area contributed by atoms with E-state index < -0.39 is 30.4 Å². The average Bonchev–Trinajstić information content (AvgIpc) is 3.37. The molecular weight excluding hydrogens is 468 g/mol. The molecule has 2 unspecified atom stereocenters. The number of ether oxygens (including phenoxy) is 2. The number of anilines is 1. The number of fused-ring (bicyclic) bond motifs is 1. The van der Waals surface area contributed by atoms with Gasteiger partial charge in [-0.25, -0.2) is 4.79 Å². The molecule has 2 aromatic rings. The van der Waals surface area contributed by atoms with E-state index in [4.69, 9.17) is 9.47 Å². The van der Waals surface area contributed by atoms with Gasteiger partial charge in [-0.3, -0.25) is 14.4 Å². The van der Waals surface area contributed by atoms with E-state index in [1.807, 2.05) is 30.3 Å². The summed E-state index contributed by atoms with van der Waals surface area (Å²) in [5, 5.41) is 3.18. The third-order valence-corrected chi connectivity index (χ3v) is 7.52. The fourth-order valence-corrected chi connectivity index (χ4v) is 5.98. The highest BCUT2D eigenvalue weighted by Crippen LogP contribution is 2.40. The van der Waals surface area contributed by atoms with Crippen molar-refractivity contribution < 1.29 is 28.7 Å². The quantitative estimate of drug-likeness (QED) is 0.558. The molecule has 1 aliphatic heterocycles. The van der Waals surface area contributed by atoms with Crippen LogP contribution in [0.15, 0.2) is 30.3 Å². The maximum absolute atomic E-state index is 12.6. The maximum Gasteiger partial charge on any atom is 0.341 e. The van der Waals surface area contributed by atoms with E-state index in [0.29, 0.717) is 23.0 Å². The molecule has 0 spiro atoms. The molecule has 8 nitrogen and oxygen atoms in total. The van der Waals surface area contributed by atoms with Crippen molar-refractivity contribution in [2.75, 3.05) is 25.1 Å². The molecule has 186 valence electrons. The van der Waals surface area contributed by atoms with Crippen LogP contribution < -0.4 is 5.32 Å². The predicted molar refractivity (Wildman–Crippen MR) is 131 cm³/mol. The molecule has 0 bridgehead atoms. The van der Waals surface area contributed by atoms with Gasteiger partial charge in [-0.1, -0.05) is 37.3 Å². The SMILES string of the molecule is CCOC(=O)c1c(NC(=O)COC(=O)C2CC(=O)N(Cc3ccccc3)C2)sc2c1CCC(C)C2. The average molecular weight is 499 g/mol. The predicted octanol–water partition coefficient (Wildman–Crippen LogP) is 3.58. The Kier molecular flexibility index (Phi) is 7.85. The summed E-state index contributed by atoms with van der Waals surface area (Å²) in [6.45, 7) is 4.36. The van der Waals surface area contributed by atoms with Crippen molar-refractivity contribution in [1.82, 2.24) is 4.90 Å². The van der Waals surface area contributed by atoms with Gasteiger partial charge in [0.25, 0.3) is 5.91 Å². The largest absolute Gasteiger partial charge is 0.462 e. The molecule has 1 fully saturated rings. The first-order valence-electron chi connectivity index (χ1n) is 12.0. The van der Waals surface area contributed by atoms with Gasteiger partial charge in [-0.2, -0.15) is 0 Å². The van der Waals surface area contributed by atoms with Gasteiger partial charge in [0, 0.05) is 24.4 Å². The van der Waals surface area contributed by atoms with Crippen LogP contribution in [-0.2, 0) is 43.2 Å². The minimum atomic E-state index is -0.607. The molecule has 1 aromatic carbocycles. The molecule has 1 saturated heterocycles. The Morgan fingerprint density at radius 3 is 2.66 bits per heavy atom. The number of benzene rings is 1. The van der Waals surface area contributed by atoms with E-state index in [1.165, 1.54) is 11.3 Å². The smallest absolute Gasteiger partial charge is 0.341 e. The Hall–Kier alpha value is -3.20. The fourth-order valence-electron chi connectivity index (χ4n) is 4.56. The van der Waals surface area contributed by atoms with Gasteiger partial charge in [0.2, 0.25) is 5.91 Å². The number of nitrogens with one attached hydrogen (secondary N) is 1. The molecule has 1 aliphatic carbocycles.